The average molecular weight is 231 g/mol. The molecule has 0 saturated carbocycles. The molecule has 0 fully saturated rings. The third-order valence-electron chi connectivity index (χ3n) is 1.91. The minimum Gasteiger partial charge on any atom is -0.544 e. The Bertz CT molecular complexity index is 426. The molecule has 1 aromatic rings. The Morgan fingerprint density at radius 1 is 1.31 bits per heavy atom. The summed E-state index contributed by atoms with van der Waals surface area (Å²) in [5.74, 6) is 0. The zero-order valence-corrected chi connectivity index (χ0v) is 10.5. The summed E-state index contributed by atoms with van der Waals surface area (Å²) in [7, 11) is -3.47. The van der Waals surface area contributed by atoms with Crippen LogP contribution in [0.2, 0.25) is 0 Å². The number of benzene rings is 1. The summed E-state index contributed by atoms with van der Waals surface area (Å²) in [4.78, 5) is 0.247. The SMILES string of the molecule is C=CCC[N-]S(=O)(=O)c1ccc(C)cc1.[Li+]. The second kappa shape index (κ2) is 6.92. The van der Waals surface area contributed by atoms with Crippen LogP contribution in [-0.4, -0.2) is 15.0 Å². The second-order valence-electron chi connectivity index (χ2n) is 3.22. The van der Waals surface area contributed by atoms with E-state index in [1.165, 1.54) is 0 Å². The summed E-state index contributed by atoms with van der Waals surface area (Å²) < 4.78 is 26.9. The Morgan fingerprint density at radius 2 is 1.88 bits per heavy atom. The predicted octanol–water partition coefficient (Wildman–Crippen LogP) is -0.362. The van der Waals surface area contributed by atoms with Gasteiger partial charge in [0.05, 0.1) is 0 Å². The van der Waals surface area contributed by atoms with Crippen molar-refractivity contribution in [3.8, 4) is 0 Å². The van der Waals surface area contributed by atoms with Crippen LogP contribution in [0.3, 0.4) is 0 Å². The topological polar surface area (TPSA) is 48.2 Å². The van der Waals surface area contributed by atoms with Gasteiger partial charge in [0.2, 0.25) is 0 Å². The summed E-state index contributed by atoms with van der Waals surface area (Å²) in [6.07, 6.45) is 2.22. The molecule has 0 aliphatic carbocycles. The minimum absolute atomic E-state index is 0. The van der Waals surface area contributed by atoms with Crippen LogP contribution in [0.15, 0.2) is 41.8 Å². The summed E-state index contributed by atoms with van der Waals surface area (Å²) in [5.41, 5.74) is 1.03. The molecule has 0 atom stereocenters. The number of hydrogen-bond acceptors (Lipinski definition) is 2. The predicted molar refractivity (Wildman–Crippen MR) is 61.4 cm³/mol. The first-order chi connectivity index (χ1) is 7.06. The van der Waals surface area contributed by atoms with Crippen molar-refractivity contribution in [2.24, 2.45) is 0 Å². The second-order valence-corrected chi connectivity index (χ2v) is 4.90. The maximum atomic E-state index is 11.6. The summed E-state index contributed by atoms with van der Waals surface area (Å²) in [6.45, 7) is 5.68. The quantitative estimate of drug-likeness (QED) is 0.394. The van der Waals surface area contributed by atoms with E-state index >= 15 is 0 Å². The van der Waals surface area contributed by atoms with Gasteiger partial charge in [0.25, 0.3) is 0 Å². The normalized spacial score (nSPS) is 10.6. The van der Waals surface area contributed by atoms with Gasteiger partial charge in [-0.3, -0.25) is 0 Å². The molecule has 0 unspecified atom stereocenters. The minimum atomic E-state index is -3.47. The van der Waals surface area contributed by atoms with E-state index in [4.69, 9.17) is 0 Å². The Labute approximate surface area is 109 Å². The molecule has 16 heavy (non-hydrogen) atoms. The van der Waals surface area contributed by atoms with Crippen molar-refractivity contribution in [3.63, 3.8) is 0 Å². The van der Waals surface area contributed by atoms with E-state index in [1.807, 2.05) is 6.92 Å². The van der Waals surface area contributed by atoms with Gasteiger partial charge in [0.1, 0.15) is 10.0 Å². The van der Waals surface area contributed by atoms with E-state index in [9.17, 15) is 8.42 Å². The van der Waals surface area contributed by atoms with E-state index in [0.717, 1.165) is 5.56 Å². The first-order valence-corrected chi connectivity index (χ1v) is 6.11. The third kappa shape index (κ3) is 4.54. The molecule has 1 rings (SSSR count). The van der Waals surface area contributed by atoms with E-state index < -0.39 is 10.0 Å². The monoisotopic (exact) mass is 231 g/mol. The van der Waals surface area contributed by atoms with Crippen LogP contribution in [0.1, 0.15) is 12.0 Å². The molecular formula is C11H14LiNO2S. The fourth-order valence-electron chi connectivity index (χ4n) is 1.05. The number of rotatable bonds is 5. The van der Waals surface area contributed by atoms with Gasteiger partial charge >= 0.3 is 18.9 Å². The number of sulfonamides is 1. The van der Waals surface area contributed by atoms with Gasteiger partial charge in [-0.25, -0.2) is 8.42 Å². The van der Waals surface area contributed by atoms with Crippen LogP contribution in [0.4, 0.5) is 0 Å². The van der Waals surface area contributed by atoms with Gasteiger partial charge < -0.3 is 4.72 Å². The van der Waals surface area contributed by atoms with Gasteiger partial charge in [-0.1, -0.05) is 30.2 Å². The molecule has 0 aliphatic rings. The van der Waals surface area contributed by atoms with Crippen molar-refractivity contribution in [2.45, 2.75) is 18.2 Å². The van der Waals surface area contributed by atoms with Crippen molar-refractivity contribution in [3.05, 3.63) is 47.2 Å². The Kier molecular flexibility index (Phi) is 6.69. The van der Waals surface area contributed by atoms with Gasteiger partial charge in [-0.15, -0.1) is 13.1 Å². The molecule has 0 aliphatic heterocycles. The molecule has 82 valence electrons. The van der Waals surface area contributed by atoms with Gasteiger partial charge in [-0.2, -0.15) is 0 Å². The van der Waals surface area contributed by atoms with E-state index in [-0.39, 0.29) is 30.3 Å². The zero-order chi connectivity index (χ0) is 11.3. The van der Waals surface area contributed by atoms with Crippen LogP contribution in [0, 0.1) is 6.92 Å². The molecule has 5 heteroatoms. The fraction of sp³-hybridized carbons (Fsp3) is 0.273. The maximum absolute atomic E-state index is 11.6. The summed E-state index contributed by atoms with van der Waals surface area (Å²) in [5, 5.41) is 0. The number of hydrogen-bond donors (Lipinski definition) is 0. The van der Waals surface area contributed by atoms with E-state index in [1.54, 1.807) is 30.3 Å². The average Bonchev–Trinajstić information content (AvgIpc) is 2.18. The Balaban J connectivity index is 0.00000225. The zero-order valence-electron chi connectivity index (χ0n) is 9.68. The van der Waals surface area contributed by atoms with Crippen LogP contribution < -0.4 is 18.9 Å². The molecule has 0 radical (unpaired) electrons. The first-order valence-electron chi connectivity index (χ1n) is 4.67. The summed E-state index contributed by atoms with van der Waals surface area (Å²) in [6, 6.07) is 6.66. The smallest absolute Gasteiger partial charge is 0.544 e. The molecule has 3 nitrogen and oxygen atoms in total. The van der Waals surface area contributed by atoms with E-state index in [2.05, 4.69) is 11.3 Å². The largest absolute Gasteiger partial charge is 1.00 e. The fourth-order valence-corrected chi connectivity index (χ4v) is 2.02. The molecule has 0 heterocycles. The van der Waals surface area contributed by atoms with Crippen molar-refractivity contribution >= 4 is 10.0 Å². The van der Waals surface area contributed by atoms with Crippen molar-refractivity contribution in [1.29, 1.82) is 0 Å². The molecule has 1 aromatic carbocycles. The van der Waals surface area contributed by atoms with Crippen LogP contribution in [0.25, 0.3) is 4.72 Å². The van der Waals surface area contributed by atoms with Crippen LogP contribution in [-0.2, 0) is 10.0 Å². The standard InChI is InChI=1S/C11H14NO2S.Li/c1-3-4-9-12-15(13,14)11-7-5-10(2)6-8-11;/h3,5-8H,1,4,9H2,2H3;/q-1;+1. The van der Waals surface area contributed by atoms with E-state index in [0.29, 0.717) is 6.42 Å². The van der Waals surface area contributed by atoms with Gasteiger partial charge in [0.15, 0.2) is 0 Å². The van der Waals surface area contributed by atoms with Crippen LogP contribution in [0.5, 0.6) is 0 Å². The van der Waals surface area contributed by atoms with Crippen LogP contribution >= 0.6 is 0 Å². The molecule has 0 amide bonds. The van der Waals surface area contributed by atoms with Gasteiger partial charge in [-0.05, 0) is 19.1 Å². The molecule has 0 saturated heterocycles. The molecule has 0 N–H and O–H groups in total. The number of nitrogens with zero attached hydrogens (tertiary/aromatic N) is 1. The molecule has 0 aromatic heterocycles. The molecular weight excluding hydrogens is 217 g/mol. The van der Waals surface area contributed by atoms with Crippen molar-refractivity contribution < 1.29 is 27.3 Å². The Hall–Kier alpha value is -0.533. The van der Waals surface area contributed by atoms with Gasteiger partial charge in [0, 0.05) is 4.90 Å². The summed E-state index contributed by atoms with van der Waals surface area (Å²) >= 11 is 0. The molecule has 0 bridgehead atoms. The maximum Gasteiger partial charge on any atom is 1.00 e. The third-order valence-corrected chi connectivity index (χ3v) is 3.30. The number of aryl methyl sites for hydroxylation is 1. The molecule has 0 spiro atoms. The van der Waals surface area contributed by atoms with Crippen molar-refractivity contribution in [2.75, 3.05) is 6.54 Å². The first kappa shape index (κ1) is 15.5. The Morgan fingerprint density at radius 3 is 2.38 bits per heavy atom. The van der Waals surface area contributed by atoms with Crippen molar-refractivity contribution in [1.82, 2.24) is 0 Å².